The first-order valence-corrected chi connectivity index (χ1v) is 4.65. The third-order valence-corrected chi connectivity index (χ3v) is 2.39. The molecule has 4 nitrogen and oxygen atoms in total. The van der Waals surface area contributed by atoms with Crippen molar-refractivity contribution in [2.24, 2.45) is 13.0 Å². The summed E-state index contributed by atoms with van der Waals surface area (Å²) in [5, 5.41) is 3.31. The topological polar surface area (TPSA) is 39.1 Å². The van der Waals surface area contributed by atoms with Crippen LogP contribution in [0.15, 0.2) is 12.4 Å². The molecule has 1 N–H and O–H groups in total. The number of aryl methyl sites for hydroxylation is 1. The first kappa shape index (κ1) is 8.56. The molecule has 1 aromatic rings. The quantitative estimate of drug-likeness (QED) is 0.752. The van der Waals surface area contributed by atoms with E-state index in [0.717, 1.165) is 32.1 Å². The molecule has 0 radical (unpaired) electrons. The predicted octanol–water partition coefficient (Wildman–Crippen LogP) is 0.868. The highest BCUT2D eigenvalue weighted by molar-refractivity contribution is 5.25. The molecule has 0 saturated carbocycles. The normalized spacial score (nSPS) is 22.1. The minimum atomic E-state index is 0.650. The Morgan fingerprint density at radius 1 is 1.77 bits per heavy atom. The molecule has 1 saturated heterocycles. The summed E-state index contributed by atoms with van der Waals surface area (Å²) in [6.45, 7) is 2.76. The number of rotatable bonds is 3. The molecule has 0 aliphatic carbocycles. The van der Waals surface area contributed by atoms with Gasteiger partial charge in [0.15, 0.2) is 0 Å². The predicted molar refractivity (Wildman–Crippen MR) is 50.6 cm³/mol. The van der Waals surface area contributed by atoms with Crippen molar-refractivity contribution in [2.75, 3.05) is 25.1 Å². The fraction of sp³-hybridized carbons (Fsp3) is 0.667. The van der Waals surface area contributed by atoms with Gasteiger partial charge in [-0.05, 0) is 6.42 Å². The SMILES string of the molecule is Cn1ccnc1NCC1CCOC1. The number of ether oxygens (including phenoxy) is 1. The van der Waals surface area contributed by atoms with E-state index in [-0.39, 0.29) is 0 Å². The molecule has 0 spiro atoms. The first-order chi connectivity index (χ1) is 6.36. The lowest BCUT2D eigenvalue weighted by Crippen LogP contribution is -2.16. The third kappa shape index (κ3) is 2.01. The van der Waals surface area contributed by atoms with Crippen LogP contribution in [-0.2, 0) is 11.8 Å². The Kier molecular flexibility index (Phi) is 2.49. The molecule has 0 aromatic carbocycles. The molecule has 1 aromatic heterocycles. The van der Waals surface area contributed by atoms with Crippen LogP contribution in [0.2, 0.25) is 0 Å². The molecule has 0 bridgehead atoms. The molecule has 2 rings (SSSR count). The molecule has 13 heavy (non-hydrogen) atoms. The van der Waals surface area contributed by atoms with Crippen LogP contribution in [0, 0.1) is 5.92 Å². The number of hydrogen-bond acceptors (Lipinski definition) is 3. The van der Waals surface area contributed by atoms with E-state index < -0.39 is 0 Å². The average molecular weight is 181 g/mol. The van der Waals surface area contributed by atoms with E-state index in [2.05, 4.69) is 10.3 Å². The molecule has 1 aliphatic heterocycles. The van der Waals surface area contributed by atoms with Crippen molar-refractivity contribution in [3.8, 4) is 0 Å². The van der Waals surface area contributed by atoms with Gasteiger partial charge in [-0.1, -0.05) is 0 Å². The van der Waals surface area contributed by atoms with Crippen LogP contribution < -0.4 is 5.32 Å². The van der Waals surface area contributed by atoms with Crippen LogP contribution in [0.4, 0.5) is 5.95 Å². The summed E-state index contributed by atoms with van der Waals surface area (Å²) in [5.41, 5.74) is 0. The van der Waals surface area contributed by atoms with Crippen molar-refractivity contribution in [3.63, 3.8) is 0 Å². The van der Waals surface area contributed by atoms with E-state index in [1.165, 1.54) is 0 Å². The Balaban J connectivity index is 1.82. The Morgan fingerprint density at radius 2 is 2.69 bits per heavy atom. The van der Waals surface area contributed by atoms with E-state index in [9.17, 15) is 0 Å². The fourth-order valence-electron chi connectivity index (χ4n) is 1.52. The summed E-state index contributed by atoms with van der Waals surface area (Å²) in [6.07, 6.45) is 4.90. The number of anilines is 1. The van der Waals surface area contributed by atoms with Gasteiger partial charge in [-0.15, -0.1) is 0 Å². The van der Waals surface area contributed by atoms with Crippen molar-refractivity contribution in [1.82, 2.24) is 9.55 Å². The zero-order valence-corrected chi connectivity index (χ0v) is 7.86. The summed E-state index contributed by atoms with van der Waals surface area (Å²) in [7, 11) is 1.99. The van der Waals surface area contributed by atoms with Crippen LogP contribution >= 0.6 is 0 Å². The lowest BCUT2D eigenvalue weighted by molar-refractivity contribution is 0.187. The van der Waals surface area contributed by atoms with Gasteiger partial charge in [0.25, 0.3) is 0 Å². The highest BCUT2D eigenvalue weighted by Gasteiger charge is 2.15. The third-order valence-electron chi connectivity index (χ3n) is 2.39. The monoisotopic (exact) mass is 181 g/mol. The second-order valence-electron chi connectivity index (χ2n) is 3.47. The second-order valence-corrected chi connectivity index (χ2v) is 3.47. The number of nitrogens with one attached hydrogen (secondary N) is 1. The van der Waals surface area contributed by atoms with Crippen LogP contribution in [-0.4, -0.2) is 29.3 Å². The van der Waals surface area contributed by atoms with Crippen LogP contribution in [0.3, 0.4) is 0 Å². The molecular weight excluding hydrogens is 166 g/mol. The van der Waals surface area contributed by atoms with Crippen LogP contribution in [0.1, 0.15) is 6.42 Å². The molecule has 2 heterocycles. The van der Waals surface area contributed by atoms with Crippen LogP contribution in [0.5, 0.6) is 0 Å². The summed E-state index contributed by atoms with van der Waals surface area (Å²) in [5.74, 6) is 1.59. The highest BCUT2D eigenvalue weighted by atomic mass is 16.5. The first-order valence-electron chi connectivity index (χ1n) is 4.65. The molecular formula is C9H15N3O. The molecule has 72 valence electrons. The number of hydrogen-bond donors (Lipinski definition) is 1. The second kappa shape index (κ2) is 3.79. The zero-order chi connectivity index (χ0) is 9.10. The summed E-state index contributed by atoms with van der Waals surface area (Å²) < 4.78 is 7.27. The Labute approximate surface area is 77.9 Å². The number of nitrogens with zero attached hydrogens (tertiary/aromatic N) is 2. The van der Waals surface area contributed by atoms with Gasteiger partial charge in [-0.3, -0.25) is 0 Å². The maximum atomic E-state index is 5.29. The Hall–Kier alpha value is -1.03. The summed E-state index contributed by atoms with van der Waals surface area (Å²) in [4.78, 5) is 4.19. The maximum Gasteiger partial charge on any atom is 0.202 e. The van der Waals surface area contributed by atoms with Crippen LogP contribution in [0.25, 0.3) is 0 Å². The highest BCUT2D eigenvalue weighted by Crippen LogP contribution is 2.12. The lowest BCUT2D eigenvalue weighted by Gasteiger charge is -2.09. The molecule has 0 amide bonds. The van der Waals surface area contributed by atoms with Gasteiger partial charge in [0, 0.05) is 38.5 Å². The van der Waals surface area contributed by atoms with Crippen molar-refractivity contribution in [3.05, 3.63) is 12.4 Å². The average Bonchev–Trinajstić information content (AvgIpc) is 2.72. The van der Waals surface area contributed by atoms with E-state index in [4.69, 9.17) is 4.74 Å². The van der Waals surface area contributed by atoms with E-state index in [1.807, 2.05) is 17.8 Å². The van der Waals surface area contributed by atoms with Crippen molar-refractivity contribution < 1.29 is 4.74 Å². The standard InChI is InChI=1S/C9H15N3O/c1-12-4-3-10-9(12)11-6-8-2-5-13-7-8/h3-4,8H,2,5-7H2,1H3,(H,10,11). The zero-order valence-electron chi connectivity index (χ0n) is 7.86. The van der Waals surface area contributed by atoms with Gasteiger partial charge < -0.3 is 14.6 Å². The smallest absolute Gasteiger partial charge is 0.202 e. The van der Waals surface area contributed by atoms with Crippen molar-refractivity contribution in [1.29, 1.82) is 0 Å². The minimum Gasteiger partial charge on any atom is -0.381 e. The van der Waals surface area contributed by atoms with E-state index in [1.54, 1.807) is 6.20 Å². The Morgan fingerprint density at radius 3 is 3.31 bits per heavy atom. The van der Waals surface area contributed by atoms with E-state index in [0.29, 0.717) is 5.92 Å². The minimum absolute atomic E-state index is 0.650. The van der Waals surface area contributed by atoms with Gasteiger partial charge in [-0.2, -0.15) is 0 Å². The Bertz CT molecular complexity index is 266. The largest absolute Gasteiger partial charge is 0.381 e. The summed E-state index contributed by atoms with van der Waals surface area (Å²) >= 11 is 0. The molecule has 1 atom stereocenters. The van der Waals surface area contributed by atoms with Crippen molar-refractivity contribution in [2.45, 2.75) is 6.42 Å². The van der Waals surface area contributed by atoms with Gasteiger partial charge in [0.2, 0.25) is 5.95 Å². The van der Waals surface area contributed by atoms with Gasteiger partial charge in [-0.25, -0.2) is 4.98 Å². The van der Waals surface area contributed by atoms with E-state index >= 15 is 0 Å². The number of imidazole rings is 1. The van der Waals surface area contributed by atoms with Gasteiger partial charge in [0.05, 0.1) is 6.61 Å². The lowest BCUT2D eigenvalue weighted by atomic mass is 10.1. The maximum absolute atomic E-state index is 5.29. The van der Waals surface area contributed by atoms with Gasteiger partial charge >= 0.3 is 0 Å². The summed E-state index contributed by atoms with van der Waals surface area (Å²) in [6, 6.07) is 0. The molecule has 1 fully saturated rings. The van der Waals surface area contributed by atoms with Crippen molar-refractivity contribution >= 4 is 5.95 Å². The number of aromatic nitrogens is 2. The molecule has 1 unspecified atom stereocenters. The fourth-order valence-corrected chi connectivity index (χ4v) is 1.52. The molecule has 4 heteroatoms. The van der Waals surface area contributed by atoms with Gasteiger partial charge in [0.1, 0.15) is 0 Å². The molecule has 1 aliphatic rings.